The number of sulfonamides is 4. The van der Waals surface area contributed by atoms with Crippen molar-refractivity contribution >= 4 is 40.1 Å². The Morgan fingerprint density at radius 1 is 0.344 bits per heavy atom. The van der Waals surface area contributed by atoms with Gasteiger partial charge in [-0.05, 0) is 115 Å². The number of hydrogen-bond acceptors (Lipinski definition) is 9. The number of hydrogen-bond donors (Lipinski definition) is 1. The summed E-state index contributed by atoms with van der Waals surface area (Å²) in [6, 6.07) is 26.6. The van der Waals surface area contributed by atoms with Crippen LogP contribution in [0.25, 0.3) is 0 Å². The number of aryl methyl sites for hydroxylation is 4. The van der Waals surface area contributed by atoms with Crippen LogP contribution >= 0.6 is 0 Å². The molecule has 0 radical (unpaired) electrons. The Morgan fingerprint density at radius 3 is 0.803 bits per heavy atom. The number of rotatable bonds is 26. The molecule has 0 aliphatic heterocycles. The standard InChI is InChI=1S/C44H63N5O8S4/c1-7-46(58(50,51)41-21-13-37(3)14-22-41)33-11-35-48(60(54,55)43-25-17-39(5)18-26-43)31-9-29-45-30-10-32-49(61(56,57)44-27-19-40(6)20-28-44)36-12-34-47(8-2)59(52,53)42-23-15-38(4)16-24-42/h13-28,45H,7-12,29-36H2,1-6H3. The van der Waals surface area contributed by atoms with Crippen LogP contribution in [0.4, 0.5) is 0 Å². The first-order valence-corrected chi connectivity index (χ1v) is 26.6. The quantitative estimate of drug-likeness (QED) is 0.0727. The molecule has 0 bridgehead atoms. The summed E-state index contributed by atoms with van der Waals surface area (Å²) < 4.78 is 115. The molecule has 0 fully saturated rings. The van der Waals surface area contributed by atoms with E-state index in [1.165, 1.54) is 17.2 Å². The van der Waals surface area contributed by atoms with Crippen LogP contribution in [0, 0.1) is 27.7 Å². The summed E-state index contributed by atoms with van der Waals surface area (Å²) in [5, 5.41) is 3.33. The highest BCUT2D eigenvalue weighted by Crippen LogP contribution is 2.22. The fraction of sp³-hybridized carbons (Fsp3) is 0.455. The number of nitrogens with one attached hydrogen (secondary N) is 1. The third kappa shape index (κ3) is 13.7. The van der Waals surface area contributed by atoms with Gasteiger partial charge in [0.2, 0.25) is 40.1 Å². The molecule has 13 nitrogen and oxygen atoms in total. The van der Waals surface area contributed by atoms with Gasteiger partial charge in [-0.25, -0.2) is 33.7 Å². The first-order valence-electron chi connectivity index (χ1n) is 20.8. The lowest BCUT2D eigenvalue weighted by Gasteiger charge is -2.25. The van der Waals surface area contributed by atoms with Crippen LogP contribution in [-0.2, 0) is 40.1 Å². The van der Waals surface area contributed by atoms with E-state index in [2.05, 4.69) is 5.32 Å². The van der Waals surface area contributed by atoms with Crippen LogP contribution in [0.1, 0.15) is 61.8 Å². The molecule has 336 valence electrons. The minimum absolute atomic E-state index is 0.115. The molecule has 0 atom stereocenters. The predicted octanol–water partition coefficient (Wildman–Crippen LogP) is 6.17. The lowest BCUT2D eigenvalue weighted by molar-refractivity contribution is 0.355. The van der Waals surface area contributed by atoms with Crippen LogP contribution in [0.15, 0.2) is 117 Å². The van der Waals surface area contributed by atoms with E-state index in [1.807, 2.05) is 27.7 Å². The van der Waals surface area contributed by atoms with Crippen LogP contribution < -0.4 is 5.32 Å². The Hall–Kier alpha value is -3.52. The first-order chi connectivity index (χ1) is 28.8. The van der Waals surface area contributed by atoms with Gasteiger partial charge >= 0.3 is 0 Å². The maximum Gasteiger partial charge on any atom is 0.243 e. The van der Waals surface area contributed by atoms with Gasteiger partial charge in [-0.3, -0.25) is 0 Å². The number of nitrogens with zero attached hydrogens (tertiary/aromatic N) is 4. The van der Waals surface area contributed by atoms with E-state index < -0.39 is 40.1 Å². The summed E-state index contributed by atoms with van der Waals surface area (Å²) in [5.41, 5.74) is 3.74. The molecule has 0 amide bonds. The van der Waals surface area contributed by atoms with Crippen molar-refractivity contribution in [1.29, 1.82) is 0 Å². The summed E-state index contributed by atoms with van der Waals surface area (Å²) in [5.74, 6) is 0. The molecule has 0 saturated heterocycles. The van der Waals surface area contributed by atoms with E-state index in [9.17, 15) is 33.7 Å². The van der Waals surface area contributed by atoms with Crippen LogP contribution in [0.2, 0.25) is 0 Å². The minimum Gasteiger partial charge on any atom is -0.317 e. The molecule has 61 heavy (non-hydrogen) atoms. The van der Waals surface area contributed by atoms with Gasteiger partial charge in [-0.2, -0.15) is 17.2 Å². The maximum absolute atomic E-state index is 13.9. The Bertz CT molecular complexity index is 2260. The summed E-state index contributed by atoms with van der Waals surface area (Å²) in [4.78, 5) is 0.711. The summed E-state index contributed by atoms with van der Waals surface area (Å²) in [6.07, 6.45) is 1.49. The van der Waals surface area contributed by atoms with Crippen molar-refractivity contribution < 1.29 is 33.7 Å². The van der Waals surface area contributed by atoms with Gasteiger partial charge in [-0.15, -0.1) is 0 Å². The highest BCUT2D eigenvalue weighted by Gasteiger charge is 2.28. The molecule has 0 unspecified atom stereocenters. The average Bonchev–Trinajstić information content (AvgIpc) is 3.22. The van der Waals surface area contributed by atoms with E-state index in [0.29, 0.717) is 25.9 Å². The van der Waals surface area contributed by atoms with E-state index in [1.54, 1.807) is 111 Å². The van der Waals surface area contributed by atoms with Crippen LogP contribution in [0.3, 0.4) is 0 Å². The first kappa shape index (κ1) is 50.1. The molecule has 0 heterocycles. The van der Waals surface area contributed by atoms with Crippen molar-refractivity contribution in [2.24, 2.45) is 0 Å². The van der Waals surface area contributed by atoms with Crippen molar-refractivity contribution in [3.8, 4) is 0 Å². The zero-order valence-corrected chi connectivity index (χ0v) is 39.6. The molecule has 17 heteroatoms. The molecule has 0 spiro atoms. The molecular formula is C44H63N5O8S4. The molecule has 0 aliphatic rings. The van der Waals surface area contributed by atoms with Crippen molar-refractivity contribution in [1.82, 2.24) is 22.5 Å². The van der Waals surface area contributed by atoms with Gasteiger partial charge in [-0.1, -0.05) is 84.6 Å². The highest BCUT2D eigenvalue weighted by atomic mass is 32.2. The summed E-state index contributed by atoms with van der Waals surface area (Å²) in [6.45, 7) is 13.3. The zero-order chi connectivity index (χ0) is 44.8. The molecule has 4 aromatic carbocycles. The van der Waals surface area contributed by atoms with Crippen molar-refractivity contribution in [3.05, 3.63) is 119 Å². The van der Waals surface area contributed by atoms with Crippen molar-refractivity contribution in [2.75, 3.05) is 65.4 Å². The van der Waals surface area contributed by atoms with Gasteiger partial charge < -0.3 is 5.32 Å². The smallest absolute Gasteiger partial charge is 0.243 e. The van der Waals surface area contributed by atoms with Gasteiger partial charge in [0.15, 0.2) is 0 Å². The SMILES string of the molecule is CCN(CCCN(CCCNCCCN(CCCN(CC)S(=O)(=O)c1ccc(C)cc1)S(=O)(=O)c1ccc(C)cc1)S(=O)(=O)c1ccc(C)cc1)S(=O)(=O)c1ccc(C)cc1. The molecule has 0 aliphatic carbocycles. The Kier molecular flexibility index (Phi) is 18.7. The second-order valence-corrected chi connectivity index (χ2v) is 23.0. The monoisotopic (exact) mass is 917 g/mol. The Labute approximate surface area is 366 Å². The Morgan fingerprint density at radius 2 is 0.557 bits per heavy atom. The van der Waals surface area contributed by atoms with E-state index in [0.717, 1.165) is 22.3 Å². The second kappa shape index (κ2) is 22.7. The zero-order valence-electron chi connectivity index (χ0n) is 36.3. The number of benzene rings is 4. The lowest BCUT2D eigenvalue weighted by Crippen LogP contribution is -2.38. The average molecular weight is 918 g/mol. The van der Waals surface area contributed by atoms with Crippen molar-refractivity contribution in [2.45, 2.75) is 86.8 Å². The molecular weight excluding hydrogens is 855 g/mol. The van der Waals surface area contributed by atoms with Gasteiger partial charge in [0, 0.05) is 52.4 Å². The van der Waals surface area contributed by atoms with Gasteiger partial charge in [0.1, 0.15) is 0 Å². The van der Waals surface area contributed by atoms with E-state index in [4.69, 9.17) is 0 Å². The van der Waals surface area contributed by atoms with Crippen LogP contribution in [0.5, 0.6) is 0 Å². The third-order valence-electron chi connectivity index (χ3n) is 10.5. The normalized spacial score (nSPS) is 12.9. The van der Waals surface area contributed by atoms with E-state index >= 15 is 0 Å². The molecule has 0 aromatic heterocycles. The largest absolute Gasteiger partial charge is 0.317 e. The Balaban J connectivity index is 1.37. The predicted molar refractivity (Wildman–Crippen MR) is 242 cm³/mol. The lowest BCUT2D eigenvalue weighted by atomic mass is 10.2. The highest BCUT2D eigenvalue weighted by molar-refractivity contribution is 7.90. The maximum atomic E-state index is 13.9. The fourth-order valence-electron chi connectivity index (χ4n) is 6.77. The fourth-order valence-corrected chi connectivity index (χ4v) is 12.8. The molecule has 0 saturated carbocycles. The van der Waals surface area contributed by atoms with Crippen molar-refractivity contribution in [3.63, 3.8) is 0 Å². The van der Waals surface area contributed by atoms with Gasteiger partial charge in [0.05, 0.1) is 19.6 Å². The topological polar surface area (TPSA) is 162 Å². The summed E-state index contributed by atoms with van der Waals surface area (Å²) in [7, 11) is -15.3. The van der Waals surface area contributed by atoms with Gasteiger partial charge in [0.25, 0.3) is 0 Å². The molecule has 4 rings (SSSR count). The van der Waals surface area contributed by atoms with E-state index in [-0.39, 0.29) is 84.8 Å². The second-order valence-electron chi connectivity index (χ2n) is 15.2. The third-order valence-corrected chi connectivity index (χ3v) is 18.3. The molecule has 1 N–H and O–H groups in total. The summed E-state index contributed by atoms with van der Waals surface area (Å²) >= 11 is 0. The minimum atomic E-state index is -3.89. The van der Waals surface area contributed by atoms with Crippen LogP contribution in [-0.4, -0.2) is 116 Å². The molecule has 4 aromatic rings.